The number of halogens is 1. The van der Waals surface area contributed by atoms with Gasteiger partial charge in [0.1, 0.15) is 6.29 Å². The fourth-order valence-electron chi connectivity index (χ4n) is 2.06. The van der Waals surface area contributed by atoms with Crippen molar-refractivity contribution in [1.82, 2.24) is 4.57 Å². The zero-order valence-electron chi connectivity index (χ0n) is 9.51. The number of carbonyl (C=O) groups excluding carboxylic acids is 1. The van der Waals surface area contributed by atoms with Gasteiger partial charge in [-0.2, -0.15) is 0 Å². The lowest BCUT2D eigenvalue weighted by Gasteiger charge is -2.05. The van der Waals surface area contributed by atoms with Crippen LogP contribution in [-0.2, 0) is 0 Å². The van der Waals surface area contributed by atoms with Crippen LogP contribution in [0.5, 0.6) is 0 Å². The fraction of sp³-hybridized carbons (Fsp3) is 0. The molecule has 2 aromatic carbocycles. The van der Waals surface area contributed by atoms with Crippen LogP contribution in [0.25, 0.3) is 16.6 Å². The highest BCUT2D eigenvalue weighted by Gasteiger charge is 2.03. The third kappa shape index (κ3) is 1.81. The number of hydrogen-bond donors (Lipinski definition) is 0. The summed E-state index contributed by atoms with van der Waals surface area (Å²) in [7, 11) is 0. The zero-order valence-corrected chi connectivity index (χ0v) is 10.3. The minimum atomic E-state index is 0.691. The number of hydrogen-bond acceptors (Lipinski definition) is 1. The summed E-state index contributed by atoms with van der Waals surface area (Å²) in [4.78, 5) is 10.7. The van der Waals surface area contributed by atoms with Crippen LogP contribution < -0.4 is 0 Å². The van der Waals surface area contributed by atoms with Gasteiger partial charge in [0.15, 0.2) is 0 Å². The maximum Gasteiger partial charge on any atom is 0.150 e. The normalized spacial score (nSPS) is 10.7. The van der Waals surface area contributed by atoms with Crippen LogP contribution in [0.1, 0.15) is 10.4 Å². The van der Waals surface area contributed by atoms with E-state index in [1.807, 2.05) is 54.7 Å². The van der Waals surface area contributed by atoms with Gasteiger partial charge in [-0.15, -0.1) is 0 Å². The molecule has 0 bridgehead atoms. The highest BCUT2D eigenvalue weighted by atomic mass is 35.5. The van der Waals surface area contributed by atoms with Crippen LogP contribution in [0.15, 0.2) is 54.7 Å². The highest BCUT2D eigenvalue weighted by molar-refractivity contribution is 6.30. The number of nitrogens with zero attached hydrogens (tertiary/aromatic N) is 1. The van der Waals surface area contributed by atoms with Crippen molar-refractivity contribution in [3.8, 4) is 5.69 Å². The second-order valence-corrected chi connectivity index (χ2v) is 4.53. The summed E-state index contributed by atoms with van der Waals surface area (Å²) < 4.78 is 2.07. The molecule has 0 saturated heterocycles. The summed E-state index contributed by atoms with van der Waals surface area (Å²) in [5, 5.41) is 1.77. The molecule has 0 spiro atoms. The van der Waals surface area contributed by atoms with Crippen molar-refractivity contribution in [3.63, 3.8) is 0 Å². The Morgan fingerprint density at radius 2 is 1.78 bits per heavy atom. The van der Waals surface area contributed by atoms with Crippen LogP contribution >= 0.6 is 11.6 Å². The van der Waals surface area contributed by atoms with E-state index in [1.165, 1.54) is 0 Å². The molecule has 18 heavy (non-hydrogen) atoms. The minimum absolute atomic E-state index is 0.691. The van der Waals surface area contributed by atoms with E-state index in [2.05, 4.69) is 4.57 Å². The molecule has 88 valence electrons. The molecule has 0 aliphatic heterocycles. The van der Waals surface area contributed by atoms with E-state index >= 15 is 0 Å². The number of aromatic nitrogens is 1. The number of rotatable bonds is 2. The van der Waals surface area contributed by atoms with Gasteiger partial charge in [0, 0.05) is 27.9 Å². The van der Waals surface area contributed by atoms with Crippen molar-refractivity contribution in [1.29, 1.82) is 0 Å². The van der Waals surface area contributed by atoms with Gasteiger partial charge in [-0.25, -0.2) is 0 Å². The predicted molar refractivity (Wildman–Crippen MR) is 73.7 cm³/mol. The predicted octanol–water partition coefficient (Wildman–Crippen LogP) is 4.10. The average Bonchev–Trinajstić information content (AvgIpc) is 2.82. The van der Waals surface area contributed by atoms with Crippen molar-refractivity contribution in [2.75, 3.05) is 0 Å². The molecule has 0 atom stereocenters. The summed E-state index contributed by atoms with van der Waals surface area (Å²) >= 11 is 5.88. The van der Waals surface area contributed by atoms with Crippen LogP contribution in [0, 0.1) is 0 Å². The number of benzene rings is 2. The SMILES string of the molecule is O=Cc1ccc2c(ccn2-c2ccc(Cl)cc2)c1. The molecular formula is C15H10ClNO. The Kier molecular flexibility index (Phi) is 2.65. The van der Waals surface area contributed by atoms with E-state index in [9.17, 15) is 4.79 Å². The average molecular weight is 256 g/mol. The molecular weight excluding hydrogens is 246 g/mol. The lowest BCUT2D eigenvalue weighted by molar-refractivity contribution is 0.112. The second kappa shape index (κ2) is 4.31. The molecule has 0 N–H and O–H groups in total. The van der Waals surface area contributed by atoms with E-state index < -0.39 is 0 Å². The maximum absolute atomic E-state index is 10.7. The van der Waals surface area contributed by atoms with Gasteiger partial charge >= 0.3 is 0 Å². The quantitative estimate of drug-likeness (QED) is 0.632. The van der Waals surface area contributed by atoms with Crippen molar-refractivity contribution in [3.05, 3.63) is 65.3 Å². The topological polar surface area (TPSA) is 22.0 Å². The minimum Gasteiger partial charge on any atom is -0.317 e. The van der Waals surface area contributed by atoms with E-state index in [0.29, 0.717) is 5.56 Å². The lowest BCUT2D eigenvalue weighted by atomic mass is 10.2. The Morgan fingerprint density at radius 1 is 1.00 bits per heavy atom. The van der Waals surface area contributed by atoms with E-state index in [4.69, 9.17) is 11.6 Å². The zero-order chi connectivity index (χ0) is 12.5. The molecule has 1 aromatic heterocycles. The van der Waals surface area contributed by atoms with E-state index in [-0.39, 0.29) is 0 Å². The van der Waals surface area contributed by atoms with E-state index in [0.717, 1.165) is 27.9 Å². The summed E-state index contributed by atoms with van der Waals surface area (Å²) in [6.45, 7) is 0. The Labute approximate surface area is 109 Å². The molecule has 2 nitrogen and oxygen atoms in total. The van der Waals surface area contributed by atoms with Crippen LogP contribution in [0.3, 0.4) is 0 Å². The summed E-state index contributed by atoms with van der Waals surface area (Å²) in [6.07, 6.45) is 2.85. The van der Waals surface area contributed by atoms with Gasteiger partial charge in [0.25, 0.3) is 0 Å². The van der Waals surface area contributed by atoms with Gasteiger partial charge in [-0.1, -0.05) is 11.6 Å². The summed E-state index contributed by atoms with van der Waals surface area (Å²) in [6, 6.07) is 15.3. The lowest BCUT2D eigenvalue weighted by Crippen LogP contribution is -1.91. The monoisotopic (exact) mass is 255 g/mol. The number of carbonyl (C=O) groups is 1. The van der Waals surface area contributed by atoms with Crippen molar-refractivity contribution in [2.24, 2.45) is 0 Å². The number of fused-ring (bicyclic) bond motifs is 1. The molecule has 0 radical (unpaired) electrons. The first kappa shape index (κ1) is 11.1. The Morgan fingerprint density at radius 3 is 2.50 bits per heavy atom. The standard InChI is InChI=1S/C15H10ClNO/c16-13-2-4-14(5-3-13)17-8-7-12-9-11(10-18)1-6-15(12)17/h1-10H. The summed E-state index contributed by atoms with van der Waals surface area (Å²) in [5.41, 5.74) is 2.81. The first-order chi connectivity index (χ1) is 8.78. The molecule has 3 heteroatoms. The first-order valence-electron chi connectivity index (χ1n) is 5.60. The largest absolute Gasteiger partial charge is 0.317 e. The van der Waals surface area contributed by atoms with Gasteiger partial charge in [-0.05, 0) is 48.5 Å². The van der Waals surface area contributed by atoms with Gasteiger partial charge in [0.2, 0.25) is 0 Å². The summed E-state index contributed by atoms with van der Waals surface area (Å²) in [5.74, 6) is 0. The molecule has 3 aromatic rings. The molecule has 1 heterocycles. The number of aldehydes is 1. The van der Waals surface area contributed by atoms with Crippen LogP contribution in [0.4, 0.5) is 0 Å². The third-order valence-electron chi connectivity index (χ3n) is 2.96. The van der Waals surface area contributed by atoms with Crippen molar-refractivity contribution >= 4 is 28.8 Å². The molecule has 0 fully saturated rings. The van der Waals surface area contributed by atoms with Crippen LogP contribution in [-0.4, -0.2) is 10.9 Å². The molecule has 3 rings (SSSR count). The Balaban J connectivity index is 2.18. The Hall–Kier alpha value is -2.06. The Bertz CT molecular complexity index is 713. The van der Waals surface area contributed by atoms with Gasteiger partial charge in [-0.3, -0.25) is 4.79 Å². The molecule has 0 saturated carbocycles. The smallest absolute Gasteiger partial charge is 0.150 e. The van der Waals surface area contributed by atoms with Gasteiger partial charge in [0.05, 0.1) is 5.52 Å². The molecule has 0 aliphatic carbocycles. The van der Waals surface area contributed by atoms with Crippen molar-refractivity contribution < 1.29 is 4.79 Å². The van der Waals surface area contributed by atoms with Crippen molar-refractivity contribution in [2.45, 2.75) is 0 Å². The maximum atomic E-state index is 10.7. The van der Waals surface area contributed by atoms with Crippen LogP contribution in [0.2, 0.25) is 5.02 Å². The van der Waals surface area contributed by atoms with Gasteiger partial charge < -0.3 is 4.57 Å². The third-order valence-corrected chi connectivity index (χ3v) is 3.21. The highest BCUT2D eigenvalue weighted by Crippen LogP contribution is 2.22. The molecule has 0 unspecified atom stereocenters. The fourth-order valence-corrected chi connectivity index (χ4v) is 2.19. The molecule has 0 aliphatic rings. The molecule has 0 amide bonds. The first-order valence-corrected chi connectivity index (χ1v) is 5.98. The van der Waals surface area contributed by atoms with E-state index in [1.54, 1.807) is 0 Å². The second-order valence-electron chi connectivity index (χ2n) is 4.10.